The molecule has 0 aromatic heterocycles. The molecule has 2 amide bonds. The summed E-state index contributed by atoms with van der Waals surface area (Å²) in [5.74, 6) is -0.122. The molecule has 32 heavy (non-hydrogen) atoms. The van der Waals surface area contributed by atoms with Crippen molar-refractivity contribution in [2.24, 2.45) is 11.8 Å². The molecule has 0 aliphatic carbocycles. The summed E-state index contributed by atoms with van der Waals surface area (Å²) in [7, 11) is 0. The molecular weight excluding hydrogens is 406 g/mol. The van der Waals surface area contributed by atoms with Crippen LogP contribution in [-0.4, -0.2) is 53.0 Å². The Labute approximate surface area is 191 Å². The van der Waals surface area contributed by atoms with E-state index in [2.05, 4.69) is 13.8 Å². The number of aliphatic hydroxyl groups is 1. The number of imide groups is 1. The molecule has 2 saturated heterocycles. The number of hydrogen-bond acceptors (Lipinski definition) is 5. The monoisotopic (exact) mass is 443 g/mol. The van der Waals surface area contributed by atoms with Crippen molar-refractivity contribution in [3.8, 4) is 0 Å². The lowest BCUT2D eigenvalue weighted by Crippen LogP contribution is -2.50. The third kappa shape index (κ3) is 4.92. The number of fused-ring (bicyclic) bond motifs is 1. The summed E-state index contributed by atoms with van der Waals surface area (Å²) in [5.41, 5.74) is 1.02. The number of hydrogen-bond donors (Lipinski definition) is 1. The third-order valence-electron chi connectivity index (χ3n) is 7.49. The van der Waals surface area contributed by atoms with E-state index in [9.17, 15) is 14.7 Å². The van der Waals surface area contributed by atoms with Crippen molar-refractivity contribution in [2.45, 2.75) is 89.6 Å². The fourth-order valence-corrected chi connectivity index (χ4v) is 5.38. The van der Waals surface area contributed by atoms with Crippen LogP contribution in [0.25, 0.3) is 0 Å². The van der Waals surface area contributed by atoms with Crippen molar-refractivity contribution < 1.29 is 24.2 Å². The van der Waals surface area contributed by atoms with Gasteiger partial charge in [-0.3, -0.25) is 14.5 Å². The summed E-state index contributed by atoms with van der Waals surface area (Å²) in [6.07, 6.45) is 8.84. The molecule has 2 fully saturated rings. The topological polar surface area (TPSA) is 76.1 Å². The molecule has 6 nitrogen and oxygen atoms in total. The second kappa shape index (κ2) is 10.0. The minimum Gasteiger partial charge on any atom is -0.396 e. The Kier molecular flexibility index (Phi) is 7.33. The Bertz CT molecular complexity index is 791. The largest absolute Gasteiger partial charge is 0.396 e. The Morgan fingerprint density at radius 3 is 2.50 bits per heavy atom. The van der Waals surface area contributed by atoms with Crippen LogP contribution in [0.5, 0.6) is 0 Å². The van der Waals surface area contributed by atoms with Gasteiger partial charge in [0, 0.05) is 26.0 Å². The van der Waals surface area contributed by atoms with Crippen molar-refractivity contribution in [3.63, 3.8) is 0 Å². The smallest absolute Gasteiger partial charge is 0.261 e. The number of ether oxygens (including phenoxy) is 2. The molecule has 0 unspecified atom stereocenters. The summed E-state index contributed by atoms with van der Waals surface area (Å²) in [4.78, 5) is 26.6. The molecule has 3 aliphatic heterocycles. The van der Waals surface area contributed by atoms with Gasteiger partial charge in [-0.2, -0.15) is 0 Å². The molecular formula is C26H37NO5. The number of amides is 2. The van der Waals surface area contributed by atoms with Crippen LogP contribution in [0.2, 0.25) is 0 Å². The van der Waals surface area contributed by atoms with Gasteiger partial charge in [0.1, 0.15) is 0 Å². The Morgan fingerprint density at radius 1 is 1.09 bits per heavy atom. The predicted octanol–water partition coefficient (Wildman–Crippen LogP) is 4.55. The Morgan fingerprint density at radius 2 is 1.81 bits per heavy atom. The molecule has 3 heterocycles. The van der Waals surface area contributed by atoms with Crippen LogP contribution in [0, 0.1) is 11.8 Å². The number of aliphatic hydroxyl groups excluding tert-OH is 1. The van der Waals surface area contributed by atoms with Gasteiger partial charge in [-0.15, -0.1) is 0 Å². The zero-order valence-corrected chi connectivity index (χ0v) is 19.4. The van der Waals surface area contributed by atoms with E-state index in [0.717, 1.165) is 57.8 Å². The first-order valence-electron chi connectivity index (χ1n) is 12.3. The highest BCUT2D eigenvalue weighted by Gasteiger charge is 2.44. The van der Waals surface area contributed by atoms with E-state index in [1.54, 1.807) is 24.3 Å². The molecule has 4 rings (SSSR count). The van der Waals surface area contributed by atoms with Gasteiger partial charge in [-0.1, -0.05) is 26.0 Å². The molecule has 0 saturated carbocycles. The van der Waals surface area contributed by atoms with Crippen LogP contribution >= 0.6 is 0 Å². The fourth-order valence-electron chi connectivity index (χ4n) is 5.38. The quantitative estimate of drug-likeness (QED) is 0.597. The van der Waals surface area contributed by atoms with Crippen LogP contribution in [0.3, 0.4) is 0 Å². The van der Waals surface area contributed by atoms with Gasteiger partial charge >= 0.3 is 0 Å². The minimum absolute atomic E-state index is 0.0778. The van der Waals surface area contributed by atoms with E-state index in [4.69, 9.17) is 9.47 Å². The maximum atomic E-state index is 12.6. The SMILES string of the molecule is C[C@H](CO)CC[C@@H]1CCC[C@]2(CC[C@H](C)[C@@H](CCCN3C(=O)c4ccccc4C3=O)O2)O1. The molecule has 176 valence electrons. The zero-order valence-electron chi connectivity index (χ0n) is 19.4. The second-order valence-electron chi connectivity index (χ2n) is 10.0. The van der Waals surface area contributed by atoms with Crippen molar-refractivity contribution in [1.29, 1.82) is 0 Å². The van der Waals surface area contributed by atoms with E-state index in [0.29, 0.717) is 29.5 Å². The number of carbonyl (C=O) groups excluding carboxylic acids is 2. The van der Waals surface area contributed by atoms with Crippen molar-refractivity contribution >= 4 is 11.8 Å². The molecule has 0 bridgehead atoms. The average Bonchev–Trinajstić information content (AvgIpc) is 3.05. The number of rotatable bonds is 8. The van der Waals surface area contributed by atoms with Crippen LogP contribution in [0.1, 0.15) is 92.4 Å². The molecule has 1 aromatic carbocycles. The standard InChI is InChI=1S/C26H37NO5/c1-18(17-28)11-12-20-7-5-14-26(31-20)15-13-19(2)23(32-26)10-6-16-27-24(29)21-8-3-4-9-22(21)25(27)30/h3-4,8-9,18-20,23,28H,5-7,10-17H2,1-2H3/t18-,19-,20-,23+,26-/m0/s1. The molecule has 3 aliphatic rings. The number of carbonyl (C=O) groups is 2. The predicted molar refractivity (Wildman–Crippen MR) is 121 cm³/mol. The highest BCUT2D eigenvalue weighted by molar-refractivity contribution is 6.21. The number of nitrogens with zero attached hydrogens (tertiary/aromatic N) is 1. The maximum absolute atomic E-state index is 12.6. The van der Waals surface area contributed by atoms with Crippen LogP contribution in [0.4, 0.5) is 0 Å². The van der Waals surface area contributed by atoms with Crippen LogP contribution < -0.4 is 0 Å². The normalized spacial score (nSPS) is 31.2. The molecule has 5 atom stereocenters. The molecule has 6 heteroatoms. The van der Waals surface area contributed by atoms with E-state index in [1.807, 2.05) is 0 Å². The van der Waals surface area contributed by atoms with Crippen LogP contribution in [0.15, 0.2) is 24.3 Å². The molecule has 1 N–H and O–H groups in total. The second-order valence-corrected chi connectivity index (χ2v) is 10.0. The lowest BCUT2D eigenvalue weighted by atomic mass is 9.85. The van der Waals surface area contributed by atoms with Gasteiger partial charge in [0.25, 0.3) is 11.8 Å². The number of benzene rings is 1. The lowest BCUT2D eigenvalue weighted by Gasteiger charge is -2.48. The first-order chi connectivity index (χ1) is 15.4. The van der Waals surface area contributed by atoms with Gasteiger partial charge in [-0.25, -0.2) is 0 Å². The van der Waals surface area contributed by atoms with Crippen molar-refractivity contribution in [3.05, 3.63) is 35.4 Å². The van der Waals surface area contributed by atoms with E-state index in [1.165, 1.54) is 4.90 Å². The summed E-state index contributed by atoms with van der Waals surface area (Å²) in [6.45, 7) is 4.94. The van der Waals surface area contributed by atoms with Gasteiger partial charge in [0.2, 0.25) is 0 Å². The summed E-state index contributed by atoms with van der Waals surface area (Å²) in [5, 5.41) is 9.30. The summed E-state index contributed by atoms with van der Waals surface area (Å²) in [6, 6.07) is 7.05. The maximum Gasteiger partial charge on any atom is 0.261 e. The minimum atomic E-state index is -0.488. The first kappa shape index (κ1) is 23.4. The molecule has 0 radical (unpaired) electrons. The van der Waals surface area contributed by atoms with E-state index in [-0.39, 0.29) is 30.6 Å². The summed E-state index contributed by atoms with van der Waals surface area (Å²) >= 11 is 0. The average molecular weight is 444 g/mol. The van der Waals surface area contributed by atoms with Crippen LogP contribution in [-0.2, 0) is 9.47 Å². The van der Waals surface area contributed by atoms with E-state index >= 15 is 0 Å². The molecule has 1 spiro atoms. The molecule has 1 aromatic rings. The van der Waals surface area contributed by atoms with Gasteiger partial charge < -0.3 is 14.6 Å². The highest BCUT2D eigenvalue weighted by Crippen LogP contribution is 2.43. The zero-order chi connectivity index (χ0) is 22.7. The fraction of sp³-hybridized carbons (Fsp3) is 0.692. The van der Waals surface area contributed by atoms with E-state index < -0.39 is 5.79 Å². The lowest BCUT2D eigenvalue weighted by molar-refractivity contribution is -0.324. The summed E-state index contributed by atoms with van der Waals surface area (Å²) < 4.78 is 13.1. The van der Waals surface area contributed by atoms with Gasteiger partial charge in [0.05, 0.1) is 23.3 Å². The van der Waals surface area contributed by atoms with Crippen molar-refractivity contribution in [1.82, 2.24) is 4.90 Å². The Balaban J connectivity index is 1.30. The Hall–Kier alpha value is -1.76. The van der Waals surface area contributed by atoms with Crippen molar-refractivity contribution in [2.75, 3.05) is 13.2 Å². The third-order valence-corrected chi connectivity index (χ3v) is 7.49. The highest BCUT2D eigenvalue weighted by atomic mass is 16.7. The first-order valence-corrected chi connectivity index (χ1v) is 12.3. The van der Waals surface area contributed by atoms with Gasteiger partial charge in [-0.05, 0) is 68.9 Å². The van der Waals surface area contributed by atoms with Gasteiger partial charge in [0.15, 0.2) is 5.79 Å².